The SMILES string of the molecule is O=C(O)c1ccc(OC2CCCC2)cc1[N+](=O)[O-]. The predicted molar refractivity (Wildman–Crippen MR) is 62.9 cm³/mol. The fourth-order valence-electron chi connectivity index (χ4n) is 2.12. The first-order valence-corrected chi connectivity index (χ1v) is 5.76. The number of carboxylic acid groups (broad SMARTS) is 1. The molecule has 0 heterocycles. The van der Waals surface area contributed by atoms with E-state index in [1.54, 1.807) is 0 Å². The van der Waals surface area contributed by atoms with Crippen molar-refractivity contribution in [2.75, 3.05) is 0 Å². The van der Waals surface area contributed by atoms with Crippen LogP contribution in [-0.2, 0) is 0 Å². The van der Waals surface area contributed by atoms with Crippen molar-refractivity contribution in [2.24, 2.45) is 0 Å². The number of benzene rings is 1. The first-order valence-electron chi connectivity index (χ1n) is 5.76. The lowest BCUT2D eigenvalue weighted by atomic mass is 10.1. The van der Waals surface area contributed by atoms with E-state index in [0.29, 0.717) is 5.75 Å². The topological polar surface area (TPSA) is 89.7 Å². The van der Waals surface area contributed by atoms with Gasteiger partial charge in [0.15, 0.2) is 0 Å². The van der Waals surface area contributed by atoms with Crippen LogP contribution in [0.5, 0.6) is 5.75 Å². The molecule has 1 fully saturated rings. The fourth-order valence-corrected chi connectivity index (χ4v) is 2.12. The molecule has 0 radical (unpaired) electrons. The van der Waals surface area contributed by atoms with Gasteiger partial charge in [-0.25, -0.2) is 4.79 Å². The average Bonchev–Trinajstić information content (AvgIpc) is 2.81. The van der Waals surface area contributed by atoms with Gasteiger partial charge in [-0.3, -0.25) is 10.1 Å². The number of nitro benzene ring substituents is 1. The molecule has 18 heavy (non-hydrogen) atoms. The summed E-state index contributed by atoms with van der Waals surface area (Å²) in [5, 5.41) is 19.6. The van der Waals surface area contributed by atoms with E-state index in [2.05, 4.69) is 0 Å². The molecule has 0 spiro atoms. The van der Waals surface area contributed by atoms with Crippen molar-refractivity contribution in [1.82, 2.24) is 0 Å². The van der Waals surface area contributed by atoms with Gasteiger partial charge in [0.25, 0.3) is 5.69 Å². The molecular weight excluding hydrogens is 238 g/mol. The van der Waals surface area contributed by atoms with Crippen LogP contribution in [0.2, 0.25) is 0 Å². The molecule has 1 aliphatic rings. The summed E-state index contributed by atoms with van der Waals surface area (Å²) in [6.45, 7) is 0. The third-order valence-electron chi connectivity index (χ3n) is 3.00. The molecule has 6 heteroatoms. The smallest absolute Gasteiger partial charge is 0.342 e. The summed E-state index contributed by atoms with van der Waals surface area (Å²) in [4.78, 5) is 20.9. The van der Waals surface area contributed by atoms with Crippen LogP contribution in [0.1, 0.15) is 36.0 Å². The number of nitro groups is 1. The molecule has 0 atom stereocenters. The summed E-state index contributed by atoms with van der Waals surface area (Å²) in [6, 6.07) is 3.86. The highest BCUT2D eigenvalue weighted by Crippen LogP contribution is 2.28. The molecule has 0 aromatic heterocycles. The van der Waals surface area contributed by atoms with Crippen LogP contribution in [-0.4, -0.2) is 22.1 Å². The Kier molecular flexibility index (Phi) is 3.45. The molecule has 1 aromatic rings. The highest BCUT2D eigenvalue weighted by Gasteiger charge is 2.22. The number of nitrogens with zero attached hydrogens (tertiary/aromatic N) is 1. The molecule has 0 saturated heterocycles. The molecule has 96 valence electrons. The summed E-state index contributed by atoms with van der Waals surface area (Å²) in [6.07, 6.45) is 4.16. The third kappa shape index (κ3) is 2.58. The van der Waals surface area contributed by atoms with Gasteiger partial charge in [0.2, 0.25) is 0 Å². The van der Waals surface area contributed by atoms with E-state index in [1.165, 1.54) is 18.2 Å². The second-order valence-corrected chi connectivity index (χ2v) is 4.27. The van der Waals surface area contributed by atoms with Crippen molar-refractivity contribution in [3.8, 4) is 5.75 Å². The van der Waals surface area contributed by atoms with Crippen molar-refractivity contribution < 1.29 is 19.6 Å². The number of carbonyl (C=O) groups is 1. The lowest BCUT2D eigenvalue weighted by Crippen LogP contribution is -2.11. The van der Waals surface area contributed by atoms with E-state index in [9.17, 15) is 14.9 Å². The summed E-state index contributed by atoms with van der Waals surface area (Å²) >= 11 is 0. The molecule has 0 bridgehead atoms. The first-order chi connectivity index (χ1) is 8.58. The molecule has 1 saturated carbocycles. The molecule has 6 nitrogen and oxygen atoms in total. The van der Waals surface area contributed by atoms with Crippen LogP contribution >= 0.6 is 0 Å². The average molecular weight is 251 g/mol. The quantitative estimate of drug-likeness (QED) is 0.656. The minimum absolute atomic E-state index is 0.0836. The second kappa shape index (κ2) is 5.03. The zero-order valence-electron chi connectivity index (χ0n) is 9.67. The van der Waals surface area contributed by atoms with E-state index in [4.69, 9.17) is 9.84 Å². The molecule has 0 amide bonds. The number of carboxylic acids is 1. The Morgan fingerprint density at radius 3 is 2.61 bits per heavy atom. The molecular formula is C12H13NO5. The standard InChI is InChI=1S/C12H13NO5/c14-12(15)10-6-5-9(7-11(10)13(16)17)18-8-3-1-2-4-8/h5-8H,1-4H2,(H,14,15). The van der Waals surface area contributed by atoms with Gasteiger partial charge in [-0.1, -0.05) is 0 Å². The van der Waals surface area contributed by atoms with Gasteiger partial charge in [-0.15, -0.1) is 0 Å². The first kappa shape index (κ1) is 12.3. The number of hydrogen-bond acceptors (Lipinski definition) is 4. The van der Waals surface area contributed by atoms with Crippen LogP contribution in [0.4, 0.5) is 5.69 Å². The van der Waals surface area contributed by atoms with E-state index in [-0.39, 0.29) is 11.7 Å². The van der Waals surface area contributed by atoms with Gasteiger partial charge in [0.05, 0.1) is 17.1 Å². The van der Waals surface area contributed by atoms with Crippen LogP contribution in [0.3, 0.4) is 0 Å². The Bertz CT molecular complexity index is 479. The van der Waals surface area contributed by atoms with Crippen molar-refractivity contribution in [2.45, 2.75) is 31.8 Å². The second-order valence-electron chi connectivity index (χ2n) is 4.27. The zero-order valence-corrected chi connectivity index (χ0v) is 9.67. The Labute approximate surface area is 103 Å². The summed E-state index contributed by atoms with van der Waals surface area (Å²) in [7, 11) is 0. The number of ether oxygens (including phenoxy) is 1. The summed E-state index contributed by atoms with van der Waals surface area (Å²) in [5.74, 6) is -0.951. The maximum Gasteiger partial charge on any atom is 0.342 e. The Morgan fingerprint density at radius 1 is 1.39 bits per heavy atom. The van der Waals surface area contributed by atoms with E-state index in [0.717, 1.165) is 25.7 Å². The fraction of sp³-hybridized carbons (Fsp3) is 0.417. The van der Waals surface area contributed by atoms with Gasteiger partial charge >= 0.3 is 5.97 Å². The number of aromatic carboxylic acids is 1. The molecule has 1 aromatic carbocycles. The number of rotatable bonds is 4. The molecule has 0 aliphatic heterocycles. The predicted octanol–water partition coefficient (Wildman–Crippen LogP) is 2.61. The van der Waals surface area contributed by atoms with Crippen molar-refractivity contribution in [3.63, 3.8) is 0 Å². The number of hydrogen-bond donors (Lipinski definition) is 1. The summed E-state index contributed by atoms with van der Waals surface area (Å²) in [5.41, 5.74) is -0.753. The van der Waals surface area contributed by atoms with Gasteiger partial charge in [-0.05, 0) is 37.8 Å². The Morgan fingerprint density at radius 2 is 2.06 bits per heavy atom. The molecule has 1 aliphatic carbocycles. The molecule has 2 rings (SSSR count). The largest absolute Gasteiger partial charge is 0.490 e. The molecule has 0 unspecified atom stereocenters. The minimum atomic E-state index is -1.31. The van der Waals surface area contributed by atoms with E-state index >= 15 is 0 Å². The maximum absolute atomic E-state index is 10.8. The van der Waals surface area contributed by atoms with Crippen LogP contribution in [0.15, 0.2) is 18.2 Å². The maximum atomic E-state index is 10.8. The van der Waals surface area contributed by atoms with Crippen molar-refractivity contribution >= 4 is 11.7 Å². The van der Waals surface area contributed by atoms with Crippen LogP contribution < -0.4 is 4.74 Å². The van der Waals surface area contributed by atoms with Gasteiger partial charge in [0, 0.05) is 0 Å². The summed E-state index contributed by atoms with van der Waals surface area (Å²) < 4.78 is 5.60. The van der Waals surface area contributed by atoms with Crippen molar-refractivity contribution in [1.29, 1.82) is 0 Å². The third-order valence-corrected chi connectivity index (χ3v) is 3.00. The monoisotopic (exact) mass is 251 g/mol. The lowest BCUT2D eigenvalue weighted by Gasteiger charge is -2.12. The van der Waals surface area contributed by atoms with E-state index < -0.39 is 16.6 Å². The highest BCUT2D eigenvalue weighted by molar-refractivity contribution is 5.92. The highest BCUT2D eigenvalue weighted by atomic mass is 16.6. The Hall–Kier alpha value is -2.11. The normalized spacial score (nSPS) is 15.6. The molecule has 1 N–H and O–H groups in total. The van der Waals surface area contributed by atoms with E-state index in [1.807, 2.05) is 0 Å². The minimum Gasteiger partial charge on any atom is -0.490 e. The van der Waals surface area contributed by atoms with Crippen LogP contribution in [0.25, 0.3) is 0 Å². The van der Waals surface area contributed by atoms with Gasteiger partial charge in [-0.2, -0.15) is 0 Å². The lowest BCUT2D eigenvalue weighted by molar-refractivity contribution is -0.385. The van der Waals surface area contributed by atoms with Crippen LogP contribution in [0, 0.1) is 10.1 Å². The Balaban J connectivity index is 2.24. The van der Waals surface area contributed by atoms with Crippen molar-refractivity contribution in [3.05, 3.63) is 33.9 Å². The van der Waals surface area contributed by atoms with Gasteiger partial charge in [0.1, 0.15) is 11.3 Å². The van der Waals surface area contributed by atoms with Gasteiger partial charge < -0.3 is 9.84 Å². The zero-order chi connectivity index (χ0) is 13.1.